The van der Waals surface area contributed by atoms with Crippen LogP contribution < -0.4 is 9.46 Å². The van der Waals surface area contributed by atoms with Crippen LogP contribution in [0.3, 0.4) is 0 Å². The smallest absolute Gasteiger partial charge is 0.247 e. The lowest BCUT2D eigenvalue weighted by molar-refractivity contribution is 0.414. The molecule has 1 N–H and O–H groups in total. The molecule has 26 heavy (non-hydrogen) atoms. The Labute approximate surface area is 152 Å². The van der Waals surface area contributed by atoms with E-state index >= 15 is 0 Å². The second-order valence-electron chi connectivity index (χ2n) is 5.69. The van der Waals surface area contributed by atoms with Gasteiger partial charge in [0.25, 0.3) is 0 Å². The van der Waals surface area contributed by atoms with Gasteiger partial charge in [-0.15, -0.1) is 10.2 Å². The summed E-state index contributed by atoms with van der Waals surface area (Å²) in [7, 11) is -2.08. The van der Waals surface area contributed by atoms with Crippen LogP contribution in [0.25, 0.3) is 11.5 Å². The highest BCUT2D eigenvalue weighted by atomic mass is 32.2. The zero-order valence-corrected chi connectivity index (χ0v) is 15.3. The number of rotatable bonds is 7. The van der Waals surface area contributed by atoms with Crippen molar-refractivity contribution in [2.75, 3.05) is 13.7 Å². The molecule has 0 atom stereocenters. The molecule has 0 aliphatic carbocycles. The molecule has 0 aliphatic rings. The molecule has 0 fully saturated rings. The molecule has 0 spiro atoms. The molecule has 0 bridgehead atoms. The molecule has 0 aliphatic heterocycles. The van der Waals surface area contributed by atoms with Crippen LogP contribution in [0.15, 0.2) is 57.8 Å². The maximum absolute atomic E-state index is 12.3. The number of methoxy groups -OCH3 is 1. The van der Waals surface area contributed by atoms with E-state index in [1.54, 1.807) is 12.1 Å². The van der Waals surface area contributed by atoms with E-state index in [9.17, 15) is 8.42 Å². The SMILES string of the molecule is COc1ccc(S(=O)(=O)NCCc2nnc(-c3ccc(C)cc3)o2)cc1. The number of hydrogen-bond acceptors (Lipinski definition) is 6. The molecule has 0 saturated heterocycles. The Morgan fingerprint density at radius 2 is 1.73 bits per heavy atom. The molecule has 0 amide bonds. The fourth-order valence-electron chi connectivity index (χ4n) is 2.30. The van der Waals surface area contributed by atoms with E-state index in [-0.39, 0.29) is 11.4 Å². The molecule has 8 heteroatoms. The van der Waals surface area contributed by atoms with E-state index in [0.717, 1.165) is 11.1 Å². The van der Waals surface area contributed by atoms with Crippen molar-refractivity contribution in [3.8, 4) is 17.2 Å². The Bertz CT molecular complexity index is 964. The summed E-state index contributed by atoms with van der Waals surface area (Å²) in [5, 5.41) is 7.96. The number of hydrogen-bond donors (Lipinski definition) is 1. The van der Waals surface area contributed by atoms with Crippen molar-refractivity contribution in [2.24, 2.45) is 0 Å². The van der Waals surface area contributed by atoms with Crippen LogP contribution in [0.4, 0.5) is 0 Å². The average molecular weight is 373 g/mol. The van der Waals surface area contributed by atoms with E-state index in [2.05, 4.69) is 14.9 Å². The van der Waals surface area contributed by atoms with Crippen LogP contribution in [0, 0.1) is 6.92 Å². The molecular weight excluding hydrogens is 354 g/mol. The van der Waals surface area contributed by atoms with E-state index < -0.39 is 10.0 Å². The molecule has 1 heterocycles. The molecule has 0 unspecified atom stereocenters. The number of nitrogens with one attached hydrogen (secondary N) is 1. The quantitative estimate of drug-likeness (QED) is 0.684. The Kier molecular flexibility index (Phi) is 5.34. The molecule has 1 aromatic heterocycles. The van der Waals surface area contributed by atoms with Crippen LogP contribution in [0.5, 0.6) is 5.75 Å². The van der Waals surface area contributed by atoms with Crippen molar-refractivity contribution < 1.29 is 17.6 Å². The third-order valence-electron chi connectivity index (χ3n) is 3.77. The van der Waals surface area contributed by atoms with Crippen molar-refractivity contribution >= 4 is 10.0 Å². The van der Waals surface area contributed by atoms with Crippen molar-refractivity contribution in [2.45, 2.75) is 18.2 Å². The Morgan fingerprint density at radius 1 is 1.04 bits per heavy atom. The summed E-state index contributed by atoms with van der Waals surface area (Å²) in [6, 6.07) is 13.9. The largest absolute Gasteiger partial charge is 0.497 e. The molecule has 3 aromatic rings. The van der Waals surface area contributed by atoms with Gasteiger partial charge < -0.3 is 9.15 Å². The predicted molar refractivity (Wildman–Crippen MR) is 96.4 cm³/mol. The summed E-state index contributed by atoms with van der Waals surface area (Å²) in [5.74, 6) is 1.38. The van der Waals surface area contributed by atoms with Crippen molar-refractivity contribution in [1.82, 2.24) is 14.9 Å². The van der Waals surface area contributed by atoms with Gasteiger partial charge in [0.2, 0.25) is 21.8 Å². The lowest BCUT2D eigenvalue weighted by atomic mass is 10.1. The van der Waals surface area contributed by atoms with E-state index in [1.807, 2.05) is 31.2 Å². The van der Waals surface area contributed by atoms with Gasteiger partial charge in [0.15, 0.2) is 0 Å². The zero-order valence-electron chi connectivity index (χ0n) is 14.5. The van der Waals surface area contributed by atoms with Crippen molar-refractivity contribution in [1.29, 1.82) is 0 Å². The first-order chi connectivity index (χ1) is 12.5. The summed E-state index contributed by atoms with van der Waals surface area (Å²) in [4.78, 5) is 0.171. The molecule has 136 valence electrons. The van der Waals surface area contributed by atoms with Crippen molar-refractivity contribution in [3.05, 3.63) is 60.0 Å². The Balaban J connectivity index is 1.60. The highest BCUT2D eigenvalue weighted by molar-refractivity contribution is 7.89. The second kappa shape index (κ2) is 7.67. The zero-order chi connectivity index (χ0) is 18.6. The maximum Gasteiger partial charge on any atom is 0.247 e. The van der Waals surface area contributed by atoms with E-state index in [4.69, 9.17) is 9.15 Å². The monoisotopic (exact) mass is 373 g/mol. The van der Waals surface area contributed by atoms with Gasteiger partial charge in [0.05, 0.1) is 12.0 Å². The van der Waals surface area contributed by atoms with Crippen LogP contribution in [-0.4, -0.2) is 32.3 Å². The number of benzene rings is 2. The average Bonchev–Trinajstić information content (AvgIpc) is 3.11. The summed E-state index contributed by atoms with van der Waals surface area (Å²) in [5.41, 5.74) is 1.97. The van der Waals surface area contributed by atoms with Gasteiger partial charge in [-0.25, -0.2) is 13.1 Å². The van der Waals surface area contributed by atoms with E-state index in [0.29, 0.717) is 24.0 Å². The van der Waals surface area contributed by atoms with Crippen LogP contribution >= 0.6 is 0 Å². The lowest BCUT2D eigenvalue weighted by Gasteiger charge is -2.06. The van der Waals surface area contributed by atoms with Crippen LogP contribution in [0.1, 0.15) is 11.5 Å². The first-order valence-corrected chi connectivity index (χ1v) is 9.49. The fourth-order valence-corrected chi connectivity index (χ4v) is 3.33. The lowest BCUT2D eigenvalue weighted by Crippen LogP contribution is -2.26. The number of sulfonamides is 1. The van der Waals surface area contributed by atoms with Crippen LogP contribution in [0.2, 0.25) is 0 Å². The number of nitrogens with zero attached hydrogens (tertiary/aromatic N) is 2. The highest BCUT2D eigenvalue weighted by Crippen LogP contribution is 2.18. The van der Waals surface area contributed by atoms with Crippen LogP contribution in [-0.2, 0) is 16.4 Å². The summed E-state index contributed by atoms with van der Waals surface area (Å²) in [6.07, 6.45) is 0.300. The molecular formula is C18H19N3O4S. The second-order valence-corrected chi connectivity index (χ2v) is 7.46. The van der Waals surface area contributed by atoms with Gasteiger partial charge in [0.1, 0.15) is 5.75 Å². The van der Waals surface area contributed by atoms with Gasteiger partial charge in [0, 0.05) is 18.5 Å². The summed E-state index contributed by atoms with van der Waals surface area (Å²) >= 11 is 0. The number of aryl methyl sites for hydroxylation is 1. The minimum absolute atomic E-state index is 0.157. The Hall–Kier alpha value is -2.71. The van der Waals surface area contributed by atoms with Gasteiger partial charge in [-0.2, -0.15) is 0 Å². The first kappa shape index (κ1) is 18.1. The standard InChI is InChI=1S/C18H19N3O4S/c1-13-3-5-14(6-4-13)18-21-20-17(25-18)11-12-19-26(22,23)16-9-7-15(24-2)8-10-16/h3-10,19H,11-12H2,1-2H3. The number of ether oxygens (including phenoxy) is 1. The normalized spacial score (nSPS) is 11.5. The molecule has 0 radical (unpaired) electrons. The first-order valence-electron chi connectivity index (χ1n) is 8.01. The Morgan fingerprint density at radius 3 is 2.38 bits per heavy atom. The van der Waals surface area contributed by atoms with Gasteiger partial charge in [-0.05, 0) is 43.3 Å². The fraction of sp³-hybridized carbons (Fsp3) is 0.222. The van der Waals surface area contributed by atoms with Gasteiger partial charge >= 0.3 is 0 Å². The number of aromatic nitrogens is 2. The summed E-state index contributed by atoms with van der Waals surface area (Å²) < 4.78 is 37.7. The molecule has 2 aromatic carbocycles. The minimum Gasteiger partial charge on any atom is -0.497 e. The topological polar surface area (TPSA) is 94.3 Å². The maximum atomic E-state index is 12.3. The minimum atomic E-state index is -3.60. The third kappa shape index (κ3) is 4.27. The molecule has 0 saturated carbocycles. The molecule has 7 nitrogen and oxygen atoms in total. The van der Waals surface area contributed by atoms with E-state index in [1.165, 1.54) is 19.2 Å². The third-order valence-corrected chi connectivity index (χ3v) is 5.24. The molecule has 3 rings (SSSR count). The van der Waals surface area contributed by atoms with Crippen molar-refractivity contribution in [3.63, 3.8) is 0 Å². The van der Waals surface area contributed by atoms with Gasteiger partial charge in [-0.1, -0.05) is 17.7 Å². The summed E-state index contributed by atoms with van der Waals surface area (Å²) in [6.45, 7) is 2.15. The predicted octanol–water partition coefficient (Wildman–Crippen LogP) is 2.57. The highest BCUT2D eigenvalue weighted by Gasteiger charge is 2.15. The van der Waals surface area contributed by atoms with Gasteiger partial charge in [-0.3, -0.25) is 0 Å².